The molecule has 2 aromatic rings. The van der Waals surface area contributed by atoms with Gasteiger partial charge < -0.3 is 4.90 Å². The molecule has 0 aliphatic carbocycles. The van der Waals surface area contributed by atoms with E-state index in [2.05, 4.69) is 42.2 Å². The first kappa shape index (κ1) is 12.7. The molecule has 1 aromatic carbocycles. The zero-order chi connectivity index (χ0) is 13.2. The fourth-order valence-corrected chi connectivity index (χ4v) is 3.04. The maximum absolute atomic E-state index is 5.98. The predicted molar refractivity (Wildman–Crippen MR) is 81.9 cm³/mol. The number of aromatic nitrogens is 1. The smallest absolute Gasteiger partial charge is 0.136 e. The molecule has 1 unspecified atom stereocenters. The van der Waals surface area contributed by atoms with Crippen molar-refractivity contribution in [3.63, 3.8) is 0 Å². The molecule has 100 valence electrons. The lowest BCUT2D eigenvalue weighted by Crippen LogP contribution is -2.21. The van der Waals surface area contributed by atoms with Crippen molar-refractivity contribution >= 4 is 28.2 Å². The molecule has 3 heteroatoms. The Hall–Kier alpha value is -1.28. The summed E-state index contributed by atoms with van der Waals surface area (Å²) in [4.78, 5) is 7.19. The second kappa shape index (κ2) is 5.38. The fraction of sp³-hybridized carbons (Fsp3) is 0.438. The first-order valence-corrected chi connectivity index (χ1v) is 7.55. The number of hydrogen-bond donors (Lipinski definition) is 0. The number of benzene rings is 1. The van der Waals surface area contributed by atoms with Crippen LogP contribution in [0.5, 0.6) is 0 Å². The lowest BCUT2D eigenvalue weighted by Gasteiger charge is -2.20. The number of fused-ring (bicyclic) bond motifs is 1. The largest absolute Gasteiger partial charge is 0.356 e. The van der Waals surface area contributed by atoms with Gasteiger partial charge in [0.15, 0.2) is 0 Å². The summed E-state index contributed by atoms with van der Waals surface area (Å²) in [7, 11) is 0. The van der Waals surface area contributed by atoms with Crippen molar-refractivity contribution in [1.29, 1.82) is 0 Å². The highest BCUT2D eigenvalue weighted by Gasteiger charge is 2.23. The summed E-state index contributed by atoms with van der Waals surface area (Å²) in [5, 5.41) is 2.48. The summed E-state index contributed by atoms with van der Waals surface area (Å²) in [6.07, 6.45) is 2.53. The molecule has 1 aliphatic heterocycles. The van der Waals surface area contributed by atoms with Crippen LogP contribution in [0.15, 0.2) is 30.3 Å². The summed E-state index contributed by atoms with van der Waals surface area (Å²) in [5.41, 5.74) is 0.968. The van der Waals surface area contributed by atoms with Crippen LogP contribution in [-0.4, -0.2) is 18.1 Å². The molecular weight excluding hydrogens is 256 g/mol. The van der Waals surface area contributed by atoms with E-state index in [1.54, 1.807) is 0 Å². The van der Waals surface area contributed by atoms with E-state index in [1.807, 2.05) is 0 Å². The summed E-state index contributed by atoms with van der Waals surface area (Å²) in [5.74, 6) is 2.40. The Morgan fingerprint density at radius 2 is 2.21 bits per heavy atom. The average molecular weight is 275 g/mol. The Balaban J connectivity index is 2.06. The standard InChI is InChI=1S/C16H19ClN2/c1-2-12-7-8-19(11-12)16-15-6-4-3-5-13(15)9-14(10-17)18-16/h3-6,9,12H,2,7-8,10-11H2,1H3. The van der Waals surface area contributed by atoms with Crippen LogP contribution in [0.25, 0.3) is 10.8 Å². The van der Waals surface area contributed by atoms with Crippen molar-refractivity contribution in [2.45, 2.75) is 25.6 Å². The van der Waals surface area contributed by atoms with E-state index in [-0.39, 0.29) is 0 Å². The van der Waals surface area contributed by atoms with E-state index < -0.39 is 0 Å². The topological polar surface area (TPSA) is 16.1 Å². The van der Waals surface area contributed by atoms with Gasteiger partial charge in [-0.25, -0.2) is 4.98 Å². The zero-order valence-corrected chi connectivity index (χ0v) is 12.0. The van der Waals surface area contributed by atoms with E-state index >= 15 is 0 Å². The van der Waals surface area contributed by atoms with Crippen LogP contribution in [0, 0.1) is 5.92 Å². The molecule has 0 radical (unpaired) electrons. The Kier molecular flexibility index (Phi) is 3.61. The van der Waals surface area contributed by atoms with Gasteiger partial charge in [-0.2, -0.15) is 0 Å². The third-order valence-electron chi connectivity index (χ3n) is 4.07. The Bertz CT molecular complexity index is 582. The van der Waals surface area contributed by atoms with Gasteiger partial charge in [-0.1, -0.05) is 37.6 Å². The van der Waals surface area contributed by atoms with Crippen LogP contribution < -0.4 is 4.90 Å². The fourth-order valence-electron chi connectivity index (χ4n) is 2.90. The van der Waals surface area contributed by atoms with Gasteiger partial charge in [0.1, 0.15) is 5.82 Å². The van der Waals surface area contributed by atoms with Gasteiger partial charge in [-0.05, 0) is 23.8 Å². The van der Waals surface area contributed by atoms with Gasteiger partial charge in [0.25, 0.3) is 0 Å². The second-order valence-electron chi connectivity index (χ2n) is 5.30. The normalized spacial score (nSPS) is 19.3. The molecule has 1 saturated heterocycles. The third-order valence-corrected chi connectivity index (χ3v) is 4.35. The number of rotatable bonds is 3. The van der Waals surface area contributed by atoms with Crippen molar-refractivity contribution in [3.8, 4) is 0 Å². The van der Waals surface area contributed by atoms with Gasteiger partial charge in [0.05, 0.1) is 11.6 Å². The lowest BCUT2D eigenvalue weighted by atomic mass is 10.1. The molecular formula is C16H19ClN2. The van der Waals surface area contributed by atoms with Crippen LogP contribution in [0.2, 0.25) is 0 Å². The predicted octanol–water partition coefficient (Wildman–Crippen LogP) is 4.21. The molecule has 0 amide bonds. The number of hydrogen-bond acceptors (Lipinski definition) is 2. The molecule has 0 spiro atoms. The third kappa shape index (κ3) is 2.42. The molecule has 0 N–H and O–H groups in total. The van der Waals surface area contributed by atoms with E-state index in [1.165, 1.54) is 23.6 Å². The Morgan fingerprint density at radius 3 is 2.95 bits per heavy atom. The molecule has 1 aliphatic rings. The lowest BCUT2D eigenvalue weighted by molar-refractivity contribution is 0.569. The highest BCUT2D eigenvalue weighted by atomic mass is 35.5. The molecule has 1 fully saturated rings. The zero-order valence-electron chi connectivity index (χ0n) is 11.3. The molecule has 3 rings (SSSR count). The van der Waals surface area contributed by atoms with Crippen LogP contribution in [0.3, 0.4) is 0 Å². The summed E-state index contributed by atoms with van der Waals surface area (Å²) in [6.45, 7) is 4.51. The average Bonchev–Trinajstić information content (AvgIpc) is 2.94. The maximum atomic E-state index is 5.98. The van der Waals surface area contributed by atoms with Crippen molar-refractivity contribution in [1.82, 2.24) is 4.98 Å². The Labute approximate surface area is 119 Å². The van der Waals surface area contributed by atoms with Crippen molar-refractivity contribution in [2.75, 3.05) is 18.0 Å². The highest BCUT2D eigenvalue weighted by Crippen LogP contribution is 2.31. The minimum Gasteiger partial charge on any atom is -0.356 e. The number of pyridine rings is 1. The van der Waals surface area contributed by atoms with Crippen molar-refractivity contribution in [3.05, 3.63) is 36.0 Å². The van der Waals surface area contributed by atoms with Gasteiger partial charge in [0, 0.05) is 18.5 Å². The van der Waals surface area contributed by atoms with Crippen molar-refractivity contribution in [2.24, 2.45) is 5.92 Å². The maximum Gasteiger partial charge on any atom is 0.136 e. The van der Waals surface area contributed by atoms with Crippen molar-refractivity contribution < 1.29 is 0 Å². The molecule has 2 nitrogen and oxygen atoms in total. The van der Waals surface area contributed by atoms with E-state index in [4.69, 9.17) is 16.6 Å². The van der Waals surface area contributed by atoms with E-state index in [9.17, 15) is 0 Å². The molecule has 2 heterocycles. The number of nitrogens with zero attached hydrogens (tertiary/aromatic N) is 2. The summed E-state index contributed by atoms with van der Waals surface area (Å²) in [6, 6.07) is 10.6. The molecule has 0 saturated carbocycles. The minimum atomic E-state index is 0.475. The first-order chi connectivity index (χ1) is 9.31. The van der Waals surface area contributed by atoms with Crippen LogP contribution in [-0.2, 0) is 5.88 Å². The van der Waals surface area contributed by atoms with Crippen LogP contribution >= 0.6 is 11.6 Å². The SMILES string of the molecule is CCC1CCN(c2nc(CCl)cc3ccccc23)C1. The van der Waals surface area contributed by atoms with Crippen LogP contribution in [0.4, 0.5) is 5.82 Å². The first-order valence-electron chi connectivity index (χ1n) is 7.01. The Morgan fingerprint density at radius 1 is 1.37 bits per heavy atom. The number of alkyl halides is 1. The second-order valence-corrected chi connectivity index (χ2v) is 5.57. The highest BCUT2D eigenvalue weighted by molar-refractivity contribution is 6.17. The van der Waals surface area contributed by atoms with Gasteiger partial charge in [0.2, 0.25) is 0 Å². The minimum absolute atomic E-state index is 0.475. The van der Waals surface area contributed by atoms with Gasteiger partial charge in [-0.15, -0.1) is 11.6 Å². The number of halogens is 1. The van der Waals surface area contributed by atoms with Gasteiger partial charge in [-0.3, -0.25) is 0 Å². The summed E-state index contributed by atoms with van der Waals surface area (Å²) >= 11 is 5.98. The quantitative estimate of drug-likeness (QED) is 0.780. The summed E-state index contributed by atoms with van der Waals surface area (Å²) < 4.78 is 0. The van der Waals surface area contributed by atoms with Gasteiger partial charge >= 0.3 is 0 Å². The monoisotopic (exact) mass is 274 g/mol. The van der Waals surface area contributed by atoms with E-state index in [0.717, 1.165) is 30.5 Å². The molecule has 0 bridgehead atoms. The van der Waals surface area contributed by atoms with E-state index in [0.29, 0.717) is 5.88 Å². The molecule has 19 heavy (non-hydrogen) atoms. The number of anilines is 1. The van der Waals surface area contributed by atoms with Crippen LogP contribution in [0.1, 0.15) is 25.5 Å². The molecule has 1 atom stereocenters. The molecule has 1 aromatic heterocycles.